The van der Waals surface area contributed by atoms with Crippen LogP contribution in [0.1, 0.15) is 18.4 Å². The number of methoxy groups -OCH3 is 1. The SMILES string of the molecule is COc1c(C#N)cccc1OC1CCCN(C)C1. The first-order chi connectivity index (χ1) is 8.74. The van der Waals surface area contributed by atoms with Crippen LogP contribution in [0.5, 0.6) is 11.5 Å². The molecule has 0 amide bonds. The van der Waals surface area contributed by atoms with Crippen molar-refractivity contribution in [3.63, 3.8) is 0 Å². The van der Waals surface area contributed by atoms with Crippen LogP contribution in [-0.2, 0) is 0 Å². The maximum Gasteiger partial charge on any atom is 0.178 e. The number of para-hydroxylation sites is 1. The maximum atomic E-state index is 9.03. The molecule has 96 valence electrons. The second-order valence-corrected chi connectivity index (χ2v) is 4.59. The van der Waals surface area contributed by atoms with Crippen molar-refractivity contribution in [1.82, 2.24) is 4.90 Å². The normalized spacial score (nSPS) is 20.2. The van der Waals surface area contributed by atoms with Gasteiger partial charge in [-0.1, -0.05) is 6.07 Å². The van der Waals surface area contributed by atoms with Gasteiger partial charge in [0.25, 0.3) is 0 Å². The predicted molar refractivity (Wildman–Crippen MR) is 68.9 cm³/mol. The monoisotopic (exact) mass is 246 g/mol. The molecule has 1 aromatic carbocycles. The molecule has 1 saturated heterocycles. The summed E-state index contributed by atoms with van der Waals surface area (Å²) in [5.74, 6) is 1.20. The number of likely N-dealkylation sites (N-methyl/N-ethyl adjacent to an activating group) is 1. The lowest BCUT2D eigenvalue weighted by atomic mass is 10.1. The highest BCUT2D eigenvalue weighted by Gasteiger charge is 2.20. The van der Waals surface area contributed by atoms with Gasteiger partial charge in [0.2, 0.25) is 0 Å². The highest BCUT2D eigenvalue weighted by Crippen LogP contribution is 2.32. The van der Waals surface area contributed by atoms with E-state index < -0.39 is 0 Å². The summed E-state index contributed by atoms with van der Waals surface area (Å²) in [4.78, 5) is 2.26. The second-order valence-electron chi connectivity index (χ2n) is 4.59. The fraction of sp³-hybridized carbons (Fsp3) is 0.500. The molecule has 0 N–H and O–H groups in total. The van der Waals surface area contributed by atoms with Crippen LogP contribution in [0, 0.1) is 11.3 Å². The zero-order valence-electron chi connectivity index (χ0n) is 10.8. The van der Waals surface area contributed by atoms with Crippen molar-refractivity contribution in [2.24, 2.45) is 0 Å². The van der Waals surface area contributed by atoms with E-state index in [1.807, 2.05) is 12.1 Å². The zero-order valence-corrected chi connectivity index (χ0v) is 10.8. The Bertz CT molecular complexity index is 454. The molecule has 1 aromatic rings. The van der Waals surface area contributed by atoms with Crippen LogP contribution in [0.2, 0.25) is 0 Å². The summed E-state index contributed by atoms with van der Waals surface area (Å²) in [6, 6.07) is 7.53. The highest BCUT2D eigenvalue weighted by atomic mass is 16.5. The summed E-state index contributed by atoms with van der Waals surface area (Å²) in [5.41, 5.74) is 0.513. The minimum absolute atomic E-state index is 0.173. The van der Waals surface area contributed by atoms with Crippen molar-refractivity contribution in [3.05, 3.63) is 23.8 Å². The molecular formula is C14H18N2O2. The van der Waals surface area contributed by atoms with Crippen molar-refractivity contribution >= 4 is 0 Å². The lowest BCUT2D eigenvalue weighted by molar-refractivity contribution is 0.101. The number of benzene rings is 1. The van der Waals surface area contributed by atoms with Crippen LogP contribution < -0.4 is 9.47 Å². The van der Waals surface area contributed by atoms with Gasteiger partial charge in [0.05, 0.1) is 12.7 Å². The molecule has 2 rings (SSSR count). The molecule has 1 aliphatic rings. The van der Waals surface area contributed by atoms with Gasteiger partial charge in [0.1, 0.15) is 12.2 Å². The fourth-order valence-electron chi connectivity index (χ4n) is 2.30. The molecule has 0 aliphatic carbocycles. The van der Waals surface area contributed by atoms with Crippen molar-refractivity contribution in [1.29, 1.82) is 5.26 Å². The average Bonchev–Trinajstić information content (AvgIpc) is 2.38. The highest BCUT2D eigenvalue weighted by molar-refractivity contribution is 5.52. The van der Waals surface area contributed by atoms with E-state index >= 15 is 0 Å². The van der Waals surface area contributed by atoms with E-state index in [0.29, 0.717) is 17.1 Å². The molecule has 0 bridgehead atoms. The quantitative estimate of drug-likeness (QED) is 0.818. The molecular weight excluding hydrogens is 228 g/mol. The zero-order chi connectivity index (χ0) is 13.0. The van der Waals surface area contributed by atoms with E-state index in [2.05, 4.69) is 18.0 Å². The number of rotatable bonds is 3. The standard InChI is InChI=1S/C14H18N2O2/c1-16-8-4-6-12(10-16)18-13-7-3-5-11(9-15)14(13)17-2/h3,5,7,12H,4,6,8,10H2,1-2H3. The van der Waals surface area contributed by atoms with E-state index in [1.54, 1.807) is 13.2 Å². The van der Waals surface area contributed by atoms with E-state index in [4.69, 9.17) is 14.7 Å². The number of piperidine rings is 1. The number of nitrogens with zero attached hydrogens (tertiary/aromatic N) is 2. The van der Waals surface area contributed by atoms with Gasteiger partial charge < -0.3 is 14.4 Å². The summed E-state index contributed by atoms with van der Waals surface area (Å²) in [7, 11) is 3.66. The number of ether oxygens (including phenoxy) is 2. The first-order valence-electron chi connectivity index (χ1n) is 6.17. The third kappa shape index (κ3) is 2.74. The van der Waals surface area contributed by atoms with Gasteiger partial charge in [-0.05, 0) is 38.6 Å². The van der Waals surface area contributed by atoms with Gasteiger partial charge in [0, 0.05) is 6.54 Å². The summed E-state index contributed by atoms with van der Waals surface area (Å²) in [5, 5.41) is 9.03. The molecule has 1 unspecified atom stereocenters. The molecule has 18 heavy (non-hydrogen) atoms. The Morgan fingerprint density at radius 3 is 2.94 bits per heavy atom. The summed E-state index contributed by atoms with van der Waals surface area (Å²) in [6.45, 7) is 2.04. The maximum absolute atomic E-state index is 9.03. The summed E-state index contributed by atoms with van der Waals surface area (Å²) in [6.07, 6.45) is 2.36. The lowest BCUT2D eigenvalue weighted by Crippen LogP contribution is -2.38. The third-order valence-electron chi connectivity index (χ3n) is 3.18. The Labute approximate surface area is 108 Å². The summed E-state index contributed by atoms with van der Waals surface area (Å²) < 4.78 is 11.2. The number of hydrogen-bond donors (Lipinski definition) is 0. The van der Waals surface area contributed by atoms with Gasteiger partial charge >= 0.3 is 0 Å². The Morgan fingerprint density at radius 2 is 2.28 bits per heavy atom. The Kier molecular flexibility index (Phi) is 4.06. The Morgan fingerprint density at radius 1 is 1.44 bits per heavy atom. The Balaban J connectivity index is 2.16. The van der Waals surface area contributed by atoms with Crippen LogP contribution in [0.15, 0.2) is 18.2 Å². The van der Waals surface area contributed by atoms with E-state index in [-0.39, 0.29) is 6.10 Å². The van der Waals surface area contributed by atoms with E-state index in [9.17, 15) is 0 Å². The van der Waals surface area contributed by atoms with E-state index in [1.165, 1.54) is 0 Å². The first kappa shape index (κ1) is 12.7. The molecule has 0 saturated carbocycles. The fourth-order valence-corrected chi connectivity index (χ4v) is 2.30. The van der Waals surface area contributed by atoms with Gasteiger partial charge in [-0.15, -0.1) is 0 Å². The minimum atomic E-state index is 0.173. The van der Waals surface area contributed by atoms with Gasteiger partial charge in [-0.3, -0.25) is 0 Å². The first-order valence-corrected chi connectivity index (χ1v) is 6.17. The molecule has 4 heteroatoms. The van der Waals surface area contributed by atoms with Crippen molar-refractivity contribution in [2.45, 2.75) is 18.9 Å². The average molecular weight is 246 g/mol. The predicted octanol–water partition coefficient (Wildman–Crippen LogP) is 2.04. The lowest BCUT2D eigenvalue weighted by Gasteiger charge is -2.30. The van der Waals surface area contributed by atoms with E-state index in [0.717, 1.165) is 25.9 Å². The van der Waals surface area contributed by atoms with Crippen LogP contribution >= 0.6 is 0 Å². The molecule has 0 aromatic heterocycles. The topological polar surface area (TPSA) is 45.5 Å². The summed E-state index contributed by atoms with van der Waals surface area (Å²) >= 11 is 0. The van der Waals surface area contributed by atoms with Gasteiger partial charge in [-0.25, -0.2) is 0 Å². The molecule has 0 radical (unpaired) electrons. The smallest absolute Gasteiger partial charge is 0.178 e. The van der Waals surface area contributed by atoms with Gasteiger partial charge in [0.15, 0.2) is 11.5 Å². The number of hydrogen-bond acceptors (Lipinski definition) is 4. The third-order valence-corrected chi connectivity index (χ3v) is 3.18. The molecule has 1 heterocycles. The molecule has 1 fully saturated rings. The van der Waals surface area contributed by atoms with Crippen LogP contribution in [0.3, 0.4) is 0 Å². The van der Waals surface area contributed by atoms with Crippen LogP contribution in [0.4, 0.5) is 0 Å². The van der Waals surface area contributed by atoms with Crippen LogP contribution in [-0.4, -0.2) is 38.3 Å². The number of likely N-dealkylation sites (tertiary alicyclic amines) is 1. The van der Waals surface area contributed by atoms with Crippen LogP contribution in [0.25, 0.3) is 0 Å². The van der Waals surface area contributed by atoms with Gasteiger partial charge in [-0.2, -0.15) is 5.26 Å². The molecule has 0 spiro atoms. The molecule has 4 nitrogen and oxygen atoms in total. The molecule has 1 aliphatic heterocycles. The Hall–Kier alpha value is -1.73. The minimum Gasteiger partial charge on any atom is -0.492 e. The largest absolute Gasteiger partial charge is 0.492 e. The van der Waals surface area contributed by atoms with Crippen molar-refractivity contribution in [3.8, 4) is 17.6 Å². The molecule has 1 atom stereocenters. The second kappa shape index (κ2) is 5.74. The van der Waals surface area contributed by atoms with Crippen molar-refractivity contribution in [2.75, 3.05) is 27.2 Å². The number of nitriles is 1. The van der Waals surface area contributed by atoms with Crippen molar-refractivity contribution < 1.29 is 9.47 Å².